The van der Waals surface area contributed by atoms with Crippen molar-refractivity contribution in [2.24, 2.45) is 22.4 Å². The van der Waals surface area contributed by atoms with Gasteiger partial charge in [0, 0.05) is 12.1 Å². The molecule has 0 fully saturated rings. The number of hydrogen-bond acceptors (Lipinski definition) is 2. The van der Waals surface area contributed by atoms with Crippen LogP contribution in [0, 0.1) is 17.3 Å². The van der Waals surface area contributed by atoms with E-state index in [1.54, 1.807) is 6.21 Å². The third-order valence-corrected chi connectivity index (χ3v) is 2.04. The summed E-state index contributed by atoms with van der Waals surface area (Å²) in [6.45, 7) is 12.1. The number of nitrogens with one attached hydrogen (secondary N) is 1. The molecule has 1 unspecified atom stereocenters. The Balaban J connectivity index is 4.04. The van der Waals surface area contributed by atoms with Crippen molar-refractivity contribution in [2.45, 2.75) is 41.5 Å². The van der Waals surface area contributed by atoms with E-state index in [9.17, 15) is 4.79 Å². The summed E-state index contributed by atoms with van der Waals surface area (Å²) in [6, 6.07) is 0. The summed E-state index contributed by atoms with van der Waals surface area (Å²) < 4.78 is 0. The molecule has 3 nitrogen and oxygen atoms in total. The van der Waals surface area contributed by atoms with Crippen molar-refractivity contribution < 1.29 is 4.79 Å². The first-order valence-electron chi connectivity index (χ1n) is 5.08. The van der Waals surface area contributed by atoms with Gasteiger partial charge in [-0.05, 0) is 11.3 Å². The number of nitrogens with zero attached hydrogens (tertiary/aromatic N) is 1. The van der Waals surface area contributed by atoms with Crippen molar-refractivity contribution in [1.82, 2.24) is 5.43 Å². The largest absolute Gasteiger partial charge is 0.273 e. The van der Waals surface area contributed by atoms with Gasteiger partial charge in [-0.15, -0.1) is 0 Å². The van der Waals surface area contributed by atoms with E-state index < -0.39 is 0 Å². The Hall–Kier alpha value is -0.860. The van der Waals surface area contributed by atoms with E-state index in [1.165, 1.54) is 0 Å². The van der Waals surface area contributed by atoms with Gasteiger partial charge in [-0.2, -0.15) is 5.10 Å². The minimum Gasteiger partial charge on any atom is -0.273 e. The molecule has 1 amide bonds. The molecular formula is C11H22N2O. The van der Waals surface area contributed by atoms with E-state index in [2.05, 4.69) is 10.5 Å². The molecule has 1 N–H and O–H groups in total. The van der Waals surface area contributed by atoms with Gasteiger partial charge in [-0.25, -0.2) is 5.43 Å². The van der Waals surface area contributed by atoms with Crippen LogP contribution in [0.15, 0.2) is 5.10 Å². The SMILES string of the molecule is CC(C)C(C)C(=O)N/N=C/C(C)(C)C. The molecule has 0 aliphatic carbocycles. The zero-order valence-corrected chi connectivity index (χ0v) is 10.1. The van der Waals surface area contributed by atoms with Gasteiger partial charge >= 0.3 is 0 Å². The molecule has 0 spiro atoms. The molecule has 0 radical (unpaired) electrons. The van der Waals surface area contributed by atoms with Crippen LogP contribution < -0.4 is 5.43 Å². The lowest BCUT2D eigenvalue weighted by atomic mass is 9.98. The summed E-state index contributed by atoms with van der Waals surface area (Å²) in [7, 11) is 0. The Morgan fingerprint density at radius 3 is 2.14 bits per heavy atom. The Labute approximate surface area is 87.0 Å². The molecule has 1 atom stereocenters. The predicted molar refractivity (Wildman–Crippen MR) is 60.1 cm³/mol. The van der Waals surface area contributed by atoms with Crippen molar-refractivity contribution in [1.29, 1.82) is 0 Å². The van der Waals surface area contributed by atoms with Gasteiger partial charge in [0.25, 0.3) is 0 Å². The fourth-order valence-electron chi connectivity index (χ4n) is 0.694. The van der Waals surface area contributed by atoms with Crippen molar-refractivity contribution >= 4 is 12.1 Å². The highest BCUT2D eigenvalue weighted by Gasteiger charge is 2.15. The lowest BCUT2D eigenvalue weighted by Crippen LogP contribution is -2.28. The summed E-state index contributed by atoms with van der Waals surface area (Å²) in [6.07, 6.45) is 1.75. The molecule has 0 aromatic heterocycles. The maximum absolute atomic E-state index is 11.4. The van der Waals surface area contributed by atoms with Crippen molar-refractivity contribution in [3.8, 4) is 0 Å². The quantitative estimate of drug-likeness (QED) is 0.549. The molecule has 0 heterocycles. The average Bonchev–Trinajstić information content (AvgIpc) is 2.00. The van der Waals surface area contributed by atoms with E-state index in [1.807, 2.05) is 41.5 Å². The second kappa shape index (κ2) is 5.13. The van der Waals surface area contributed by atoms with Gasteiger partial charge in [0.05, 0.1) is 0 Å². The van der Waals surface area contributed by atoms with Crippen LogP contribution in [0.3, 0.4) is 0 Å². The molecule has 0 saturated carbocycles. The fraction of sp³-hybridized carbons (Fsp3) is 0.818. The van der Waals surface area contributed by atoms with Gasteiger partial charge in [-0.3, -0.25) is 4.79 Å². The zero-order valence-electron chi connectivity index (χ0n) is 10.1. The maximum Gasteiger partial charge on any atom is 0.243 e. The minimum absolute atomic E-state index is 0.00659. The van der Waals surface area contributed by atoms with Crippen LogP contribution >= 0.6 is 0 Å². The number of amides is 1. The van der Waals surface area contributed by atoms with Crippen LogP contribution in [-0.4, -0.2) is 12.1 Å². The summed E-state index contributed by atoms with van der Waals surface area (Å²) in [5, 5.41) is 3.92. The van der Waals surface area contributed by atoms with E-state index in [0.717, 1.165) is 0 Å². The van der Waals surface area contributed by atoms with Crippen LogP contribution in [0.4, 0.5) is 0 Å². The Kier molecular flexibility index (Phi) is 4.81. The topological polar surface area (TPSA) is 41.5 Å². The van der Waals surface area contributed by atoms with Crippen molar-refractivity contribution in [3.63, 3.8) is 0 Å². The lowest BCUT2D eigenvalue weighted by Gasteiger charge is -2.14. The summed E-state index contributed by atoms with van der Waals surface area (Å²) in [5.41, 5.74) is 2.56. The number of hydrogen-bond donors (Lipinski definition) is 1. The fourth-order valence-corrected chi connectivity index (χ4v) is 0.694. The van der Waals surface area contributed by atoms with Gasteiger partial charge < -0.3 is 0 Å². The molecular weight excluding hydrogens is 176 g/mol. The third-order valence-electron chi connectivity index (χ3n) is 2.04. The monoisotopic (exact) mass is 198 g/mol. The summed E-state index contributed by atoms with van der Waals surface area (Å²) >= 11 is 0. The first-order valence-corrected chi connectivity index (χ1v) is 5.08. The van der Waals surface area contributed by atoms with Gasteiger partial charge in [0.15, 0.2) is 0 Å². The second-order valence-electron chi connectivity index (χ2n) is 5.13. The van der Waals surface area contributed by atoms with E-state index in [-0.39, 0.29) is 17.2 Å². The zero-order chi connectivity index (χ0) is 11.4. The predicted octanol–water partition coefficient (Wildman–Crippen LogP) is 2.43. The maximum atomic E-state index is 11.4. The minimum atomic E-state index is -0.0134. The van der Waals surface area contributed by atoms with Crippen LogP contribution in [0.1, 0.15) is 41.5 Å². The molecule has 0 bridgehead atoms. The van der Waals surface area contributed by atoms with Crippen LogP contribution in [0.25, 0.3) is 0 Å². The second-order valence-corrected chi connectivity index (χ2v) is 5.13. The van der Waals surface area contributed by atoms with Gasteiger partial charge in [0.2, 0.25) is 5.91 Å². The van der Waals surface area contributed by atoms with Crippen LogP contribution in [-0.2, 0) is 4.79 Å². The van der Waals surface area contributed by atoms with Crippen LogP contribution in [0.5, 0.6) is 0 Å². The summed E-state index contributed by atoms with van der Waals surface area (Å²) in [4.78, 5) is 11.4. The highest BCUT2D eigenvalue weighted by molar-refractivity contribution is 5.79. The molecule has 0 aromatic rings. The normalized spacial score (nSPS) is 14.8. The molecule has 14 heavy (non-hydrogen) atoms. The molecule has 82 valence electrons. The molecule has 0 saturated heterocycles. The Morgan fingerprint density at radius 1 is 1.29 bits per heavy atom. The highest BCUT2D eigenvalue weighted by Crippen LogP contribution is 2.10. The van der Waals surface area contributed by atoms with Crippen molar-refractivity contribution in [2.75, 3.05) is 0 Å². The van der Waals surface area contributed by atoms with E-state index >= 15 is 0 Å². The molecule has 0 aliphatic heterocycles. The Morgan fingerprint density at radius 2 is 1.79 bits per heavy atom. The number of rotatable bonds is 3. The van der Waals surface area contributed by atoms with Gasteiger partial charge in [-0.1, -0.05) is 41.5 Å². The lowest BCUT2D eigenvalue weighted by molar-refractivity contribution is -0.125. The molecule has 0 aromatic carbocycles. The standard InChI is InChI=1S/C11H22N2O/c1-8(2)9(3)10(14)13-12-7-11(4,5)6/h7-9H,1-6H3,(H,13,14)/b12-7+. The van der Waals surface area contributed by atoms with Gasteiger partial charge in [0.1, 0.15) is 0 Å². The number of carbonyl (C=O) groups excluding carboxylic acids is 1. The van der Waals surface area contributed by atoms with Crippen molar-refractivity contribution in [3.05, 3.63) is 0 Å². The first kappa shape index (κ1) is 13.1. The third kappa shape index (κ3) is 5.73. The molecule has 3 heteroatoms. The molecule has 0 rings (SSSR count). The number of hydrazone groups is 1. The number of carbonyl (C=O) groups is 1. The highest BCUT2D eigenvalue weighted by atomic mass is 16.2. The van der Waals surface area contributed by atoms with E-state index in [4.69, 9.17) is 0 Å². The summed E-state index contributed by atoms with van der Waals surface area (Å²) in [5.74, 6) is 0.340. The molecule has 0 aliphatic rings. The van der Waals surface area contributed by atoms with E-state index in [0.29, 0.717) is 5.92 Å². The smallest absolute Gasteiger partial charge is 0.243 e. The first-order chi connectivity index (χ1) is 6.24. The Bertz CT molecular complexity index is 214. The van der Waals surface area contributed by atoms with Crippen LogP contribution in [0.2, 0.25) is 0 Å². The average molecular weight is 198 g/mol.